The maximum Gasteiger partial charge on any atom is 0.325 e. The monoisotopic (exact) mass is 649 g/mol. The number of carbonyl (C=O) groups is 3. The van der Waals surface area contributed by atoms with Gasteiger partial charge >= 0.3 is 12.0 Å². The number of nitriles is 1. The Bertz CT molecular complexity index is 1600. The number of carbonyl (C=O) groups excluding carboxylic acids is 3. The summed E-state index contributed by atoms with van der Waals surface area (Å²) in [6.45, 7) is 3.99. The first kappa shape index (κ1) is 32.6. The Balaban J connectivity index is 1.38. The number of esters is 1. The zero-order valence-electron chi connectivity index (χ0n) is 25.3. The van der Waals surface area contributed by atoms with Crippen LogP contribution in [0.15, 0.2) is 54.6 Å². The number of urea groups is 1. The van der Waals surface area contributed by atoms with Gasteiger partial charge in [0.15, 0.2) is 0 Å². The van der Waals surface area contributed by atoms with E-state index < -0.39 is 5.97 Å². The molecule has 9 nitrogen and oxygen atoms in total. The molecular weight excluding hydrogens is 613 g/mol. The summed E-state index contributed by atoms with van der Waals surface area (Å²) in [6.07, 6.45) is 3.46. The molecule has 45 heavy (non-hydrogen) atoms. The van der Waals surface area contributed by atoms with E-state index >= 15 is 0 Å². The number of ether oxygens (including phenoxy) is 1. The van der Waals surface area contributed by atoms with Crippen LogP contribution in [0.3, 0.4) is 0 Å². The van der Waals surface area contributed by atoms with Crippen LogP contribution in [0.25, 0.3) is 10.8 Å². The van der Waals surface area contributed by atoms with E-state index in [1.165, 1.54) is 12.0 Å². The van der Waals surface area contributed by atoms with Gasteiger partial charge in [0.1, 0.15) is 6.54 Å². The highest BCUT2D eigenvalue weighted by Crippen LogP contribution is 2.31. The number of fused-ring (bicyclic) bond motifs is 1. The molecule has 236 valence electrons. The fourth-order valence-corrected chi connectivity index (χ4v) is 6.65. The Hall–Kier alpha value is -3.84. The summed E-state index contributed by atoms with van der Waals surface area (Å²) in [6, 6.07) is 18.6. The summed E-state index contributed by atoms with van der Waals surface area (Å²) in [5.41, 5.74) is 1.62. The van der Waals surface area contributed by atoms with Crippen molar-refractivity contribution in [1.82, 2.24) is 20.0 Å². The topological polar surface area (TPSA) is 106 Å². The lowest BCUT2D eigenvalue weighted by atomic mass is 9.93. The molecule has 3 aromatic rings. The molecular formula is C34H37Cl2N5O4. The Kier molecular flexibility index (Phi) is 10.8. The van der Waals surface area contributed by atoms with E-state index in [2.05, 4.69) is 16.3 Å². The lowest BCUT2D eigenvalue weighted by Gasteiger charge is -2.40. The highest BCUT2D eigenvalue weighted by molar-refractivity contribution is 6.42. The van der Waals surface area contributed by atoms with Crippen LogP contribution in [-0.4, -0.2) is 91.6 Å². The largest absolute Gasteiger partial charge is 0.468 e. The number of piperidine rings is 1. The molecule has 3 aromatic carbocycles. The fourth-order valence-electron chi connectivity index (χ4n) is 6.35. The number of hydrogen-bond acceptors (Lipinski definition) is 6. The summed E-state index contributed by atoms with van der Waals surface area (Å²) < 4.78 is 4.98. The van der Waals surface area contributed by atoms with Crippen LogP contribution in [0.5, 0.6) is 0 Å². The van der Waals surface area contributed by atoms with Gasteiger partial charge < -0.3 is 24.8 Å². The van der Waals surface area contributed by atoms with Crippen LogP contribution in [0.2, 0.25) is 10.0 Å². The number of methoxy groups -OCH3 is 1. The van der Waals surface area contributed by atoms with Crippen molar-refractivity contribution in [3.05, 3.63) is 81.3 Å². The van der Waals surface area contributed by atoms with Gasteiger partial charge in [-0.15, -0.1) is 0 Å². The van der Waals surface area contributed by atoms with E-state index in [1.807, 2.05) is 41.3 Å². The maximum absolute atomic E-state index is 14.2. The van der Waals surface area contributed by atoms with Crippen molar-refractivity contribution in [2.45, 2.75) is 37.6 Å². The number of amides is 3. The predicted octanol–water partition coefficient (Wildman–Crippen LogP) is 5.69. The highest BCUT2D eigenvalue weighted by Gasteiger charge is 2.31. The molecule has 3 amide bonds. The summed E-state index contributed by atoms with van der Waals surface area (Å²) >= 11 is 12.7. The normalized spacial score (nSPS) is 16.6. The number of hydrogen-bond donors (Lipinski definition) is 1. The first-order valence-corrected chi connectivity index (χ1v) is 16.0. The third-order valence-electron chi connectivity index (χ3n) is 8.82. The standard InChI is InChI=1S/C34H37Cl2N5O4/c1-45-32(42)22-40(33(43)29-18-23(20-37)17-25-5-2-3-6-28(25)29)21-26(24-7-8-30(35)31(36)19-24)9-14-39-15-10-27(11-16-39)41-13-4-12-38-34(41)44/h2-3,5-8,17-19,26-27H,4,9-16,21-22H2,1H3,(H,38,44)/t26-/m1/s1. The van der Waals surface area contributed by atoms with Gasteiger partial charge in [-0.2, -0.15) is 5.26 Å². The third-order valence-corrected chi connectivity index (χ3v) is 9.56. The molecule has 1 N–H and O–H groups in total. The summed E-state index contributed by atoms with van der Waals surface area (Å²) in [4.78, 5) is 45.0. The molecule has 0 radical (unpaired) electrons. The van der Waals surface area contributed by atoms with E-state index in [9.17, 15) is 19.6 Å². The second-order valence-corrected chi connectivity index (χ2v) is 12.4. The zero-order valence-corrected chi connectivity index (χ0v) is 26.8. The molecule has 2 fully saturated rings. The molecule has 2 aliphatic heterocycles. The van der Waals surface area contributed by atoms with Gasteiger partial charge in [-0.1, -0.05) is 53.5 Å². The molecule has 2 heterocycles. The van der Waals surface area contributed by atoms with Crippen LogP contribution in [-0.2, 0) is 9.53 Å². The average Bonchev–Trinajstić information content (AvgIpc) is 3.07. The van der Waals surface area contributed by atoms with E-state index in [4.69, 9.17) is 27.9 Å². The minimum atomic E-state index is -0.541. The smallest absolute Gasteiger partial charge is 0.325 e. The fraction of sp³-hybridized carbons (Fsp3) is 0.412. The van der Waals surface area contributed by atoms with Crippen molar-refractivity contribution >= 4 is 51.9 Å². The van der Waals surface area contributed by atoms with Gasteiger partial charge in [-0.3, -0.25) is 9.59 Å². The van der Waals surface area contributed by atoms with E-state index in [-0.39, 0.29) is 37.0 Å². The number of halogens is 2. The van der Waals surface area contributed by atoms with E-state index in [0.717, 1.165) is 62.9 Å². The quantitative estimate of drug-likeness (QED) is 0.283. The van der Waals surface area contributed by atoms with Crippen LogP contribution in [0.1, 0.15) is 53.1 Å². The minimum absolute atomic E-state index is 0.0304. The van der Waals surface area contributed by atoms with E-state index in [0.29, 0.717) is 33.0 Å². The Labute approximate surface area is 273 Å². The van der Waals surface area contributed by atoms with Gasteiger partial charge in [-0.25, -0.2) is 4.79 Å². The summed E-state index contributed by atoms with van der Waals surface area (Å²) in [7, 11) is 1.30. The number of rotatable bonds is 10. The highest BCUT2D eigenvalue weighted by atomic mass is 35.5. The van der Waals surface area contributed by atoms with Crippen LogP contribution in [0.4, 0.5) is 4.79 Å². The lowest BCUT2D eigenvalue weighted by Crippen LogP contribution is -2.54. The van der Waals surface area contributed by atoms with Gasteiger partial charge in [0, 0.05) is 50.2 Å². The zero-order chi connectivity index (χ0) is 31.9. The summed E-state index contributed by atoms with van der Waals surface area (Å²) in [5.74, 6) is -1.08. The van der Waals surface area contributed by atoms with Crippen molar-refractivity contribution in [2.75, 3.05) is 52.9 Å². The molecule has 0 aliphatic carbocycles. The molecule has 0 spiro atoms. The number of likely N-dealkylation sites (tertiary alicyclic amines) is 1. The average molecular weight is 651 g/mol. The predicted molar refractivity (Wildman–Crippen MR) is 175 cm³/mol. The van der Waals surface area contributed by atoms with Gasteiger partial charge in [0.05, 0.1) is 28.8 Å². The van der Waals surface area contributed by atoms with Gasteiger partial charge in [0.2, 0.25) is 0 Å². The molecule has 0 aromatic heterocycles. The number of nitrogens with zero attached hydrogens (tertiary/aromatic N) is 4. The lowest BCUT2D eigenvalue weighted by molar-refractivity contribution is -0.141. The van der Waals surface area contributed by atoms with Crippen molar-refractivity contribution in [1.29, 1.82) is 5.26 Å². The van der Waals surface area contributed by atoms with Crippen molar-refractivity contribution in [3.8, 4) is 6.07 Å². The molecule has 0 unspecified atom stereocenters. The number of benzene rings is 3. The van der Waals surface area contributed by atoms with Gasteiger partial charge in [0.25, 0.3) is 5.91 Å². The minimum Gasteiger partial charge on any atom is -0.468 e. The van der Waals surface area contributed by atoms with Crippen LogP contribution >= 0.6 is 23.2 Å². The molecule has 1 atom stereocenters. The van der Waals surface area contributed by atoms with Crippen LogP contribution in [0, 0.1) is 11.3 Å². The molecule has 0 saturated carbocycles. The van der Waals surface area contributed by atoms with Crippen molar-refractivity contribution in [3.63, 3.8) is 0 Å². The molecule has 2 saturated heterocycles. The molecule has 11 heteroatoms. The second-order valence-electron chi connectivity index (χ2n) is 11.6. The van der Waals surface area contributed by atoms with Crippen LogP contribution < -0.4 is 5.32 Å². The molecule has 0 bridgehead atoms. The first-order valence-electron chi connectivity index (χ1n) is 15.3. The number of nitrogens with one attached hydrogen (secondary N) is 1. The van der Waals surface area contributed by atoms with Crippen molar-refractivity contribution in [2.24, 2.45) is 0 Å². The SMILES string of the molecule is COC(=O)CN(C[C@@H](CCN1CCC(N2CCCNC2=O)CC1)c1ccc(Cl)c(Cl)c1)C(=O)c1cc(C#N)cc2ccccc12. The van der Waals surface area contributed by atoms with E-state index in [1.54, 1.807) is 18.2 Å². The molecule has 2 aliphatic rings. The maximum atomic E-state index is 14.2. The van der Waals surface area contributed by atoms with Crippen molar-refractivity contribution < 1.29 is 19.1 Å². The third kappa shape index (κ3) is 7.88. The first-order chi connectivity index (χ1) is 21.8. The molecule has 5 rings (SSSR count). The Morgan fingerprint density at radius 1 is 1.09 bits per heavy atom. The van der Waals surface area contributed by atoms with Gasteiger partial charge in [-0.05, 0) is 72.8 Å². The second kappa shape index (κ2) is 15.0. The Morgan fingerprint density at radius 2 is 1.87 bits per heavy atom. The summed E-state index contributed by atoms with van der Waals surface area (Å²) in [5, 5.41) is 14.9. The Morgan fingerprint density at radius 3 is 2.58 bits per heavy atom.